The molecule has 12 heteroatoms. The highest BCUT2D eigenvalue weighted by molar-refractivity contribution is 6.53. The molecule has 0 heterocycles. The minimum absolute atomic E-state index is 0.106. The number of carbonyl (C=O) groups is 3. The average molecular weight is 658 g/mol. The lowest BCUT2D eigenvalue weighted by Gasteiger charge is -2.20. The van der Waals surface area contributed by atoms with Crippen molar-refractivity contribution in [3.8, 4) is 5.75 Å². The Hall–Kier alpha value is -2.68. The molecule has 0 aliphatic heterocycles. The summed E-state index contributed by atoms with van der Waals surface area (Å²) in [7, 11) is 0. The van der Waals surface area contributed by atoms with Gasteiger partial charge in [-0.05, 0) is 81.3 Å². The van der Waals surface area contributed by atoms with Crippen LogP contribution in [-0.2, 0) is 4.79 Å². The maximum absolute atomic E-state index is 13.1. The Bertz CT molecular complexity index is 1520. The Morgan fingerprint density at radius 1 is 0.854 bits per heavy atom. The van der Waals surface area contributed by atoms with Gasteiger partial charge >= 0.3 is 6.09 Å². The predicted molar refractivity (Wildman–Crippen MR) is 165 cm³/mol. The molecule has 1 fully saturated rings. The van der Waals surface area contributed by atoms with Crippen molar-refractivity contribution in [2.75, 3.05) is 10.6 Å². The Morgan fingerprint density at radius 3 is 2.10 bits per heavy atom. The summed E-state index contributed by atoms with van der Waals surface area (Å²) in [4.78, 5) is 38.5. The number of benzene rings is 3. The van der Waals surface area contributed by atoms with Gasteiger partial charge in [0, 0.05) is 38.9 Å². The number of anilines is 2. The molecule has 1 aliphatic carbocycles. The summed E-state index contributed by atoms with van der Waals surface area (Å²) < 4.78 is 4.06. The lowest BCUT2D eigenvalue weighted by atomic mass is 10.1. The molecule has 3 aromatic rings. The summed E-state index contributed by atoms with van der Waals surface area (Å²) in [5.74, 6) is -2.02. The summed E-state index contributed by atoms with van der Waals surface area (Å²) in [6.07, 6.45) is -0.621. The van der Waals surface area contributed by atoms with E-state index in [-0.39, 0.29) is 16.3 Å². The maximum Gasteiger partial charge on any atom is 0.413 e. The molecule has 7 nitrogen and oxygen atoms in total. The number of amides is 3. The summed E-state index contributed by atoms with van der Waals surface area (Å²) in [5, 5.41) is 9.17. The molecular weight excluding hydrogens is 632 g/mol. The third-order valence-corrected chi connectivity index (χ3v) is 7.89. The lowest BCUT2D eigenvalue weighted by Crippen LogP contribution is -2.42. The monoisotopic (exact) mass is 655 g/mol. The third-order valence-electron chi connectivity index (χ3n) is 6.18. The van der Waals surface area contributed by atoms with Gasteiger partial charge in [0.1, 0.15) is 10.1 Å². The number of halogens is 5. The Balaban J connectivity index is 1.47. The first-order valence-electron chi connectivity index (χ1n) is 12.4. The molecular formula is C29H26Cl5N3O4. The van der Waals surface area contributed by atoms with Gasteiger partial charge in [0.15, 0.2) is 0 Å². The summed E-state index contributed by atoms with van der Waals surface area (Å²) in [6.45, 7) is 7.27. The first-order valence-corrected chi connectivity index (χ1v) is 14.3. The quantitative estimate of drug-likeness (QED) is 0.231. The lowest BCUT2D eigenvalue weighted by molar-refractivity contribution is -0.117. The van der Waals surface area contributed by atoms with E-state index in [2.05, 4.69) is 16.0 Å². The van der Waals surface area contributed by atoms with Crippen LogP contribution in [0.1, 0.15) is 48.2 Å². The van der Waals surface area contributed by atoms with Gasteiger partial charge in [-0.2, -0.15) is 0 Å². The Kier molecular flexibility index (Phi) is 9.07. The number of alkyl halides is 2. The number of aryl methyl sites for hydroxylation is 1. The van der Waals surface area contributed by atoms with Crippen LogP contribution in [0.25, 0.3) is 0 Å². The highest BCUT2D eigenvalue weighted by Gasteiger charge is 2.67. The fourth-order valence-corrected chi connectivity index (χ4v) is 5.81. The fraction of sp³-hybridized carbons (Fsp3) is 0.276. The van der Waals surface area contributed by atoms with Crippen molar-refractivity contribution in [2.45, 2.75) is 43.5 Å². The first-order chi connectivity index (χ1) is 19.0. The van der Waals surface area contributed by atoms with Crippen molar-refractivity contribution in [3.63, 3.8) is 0 Å². The molecule has 0 saturated heterocycles. The molecule has 1 aliphatic rings. The van der Waals surface area contributed by atoms with Gasteiger partial charge in [-0.3, -0.25) is 9.59 Å². The van der Waals surface area contributed by atoms with E-state index in [1.807, 2.05) is 20.8 Å². The topological polar surface area (TPSA) is 96.5 Å². The summed E-state index contributed by atoms with van der Waals surface area (Å²) in [5.41, 5.74) is 1.65. The molecule has 0 spiro atoms. The zero-order valence-corrected chi connectivity index (χ0v) is 26.2. The summed E-state index contributed by atoms with van der Waals surface area (Å²) >= 11 is 31.4. The van der Waals surface area contributed by atoms with Crippen LogP contribution >= 0.6 is 58.0 Å². The zero-order chi connectivity index (χ0) is 30.3. The highest BCUT2D eigenvalue weighted by Crippen LogP contribution is 2.65. The van der Waals surface area contributed by atoms with E-state index in [1.54, 1.807) is 43.3 Å². The van der Waals surface area contributed by atoms with Crippen molar-refractivity contribution >= 4 is 87.3 Å². The van der Waals surface area contributed by atoms with Gasteiger partial charge in [0.05, 0.1) is 16.5 Å². The van der Waals surface area contributed by atoms with Crippen molar-refractivity contribution in [3.05, 3.63) is 86.4 Å². The molecule has 2 unspecified atom stereocenters. The molecule has 216 valence electrons. The molecule has 3 amide bonds. The Morgan fingerprint density at radius 2 is 1.46 bits per heavy atom. The molecule has 3 N–H and O–H groups in total. The fourth-order valence-electron chi connectivity index (χ4n) is 4.24. The third kappa shape index (κ3) is 7.59. The van der Waals surface area contributed by atoms with Crippen molar-refractivity contribution in [1.82, 2.24) is 5.32 Å². The normalized spacial score (nSPS) is 17.4. The number of ether oxygens (including phenoxy) is 1. The first kappa shape index (κ1) is 31.3. The molecule has 2 atom stereocenters. The van der Waals surface area contributed by atoms with Crippen LogP contribution in [-0.4, -0.2) is 27.8 Å². The van der Waals surface area contributed by atoms with Gasteiger partial charge in [-0.1, -0.05) is 40.9 Å². The summed E-state index contributed by atoms with van der Waals surface area (Å²) in [6, 6.07) is 14.3. The molecule has 0 radical (unpaired) electrons. The predicted octanol–water partition coefficient (Wildman–Crippen LogP) is 8.62. The number of carbonyl (C=O) groups excluding carboxylic acids is 3. The van der Waals surface area contributed by atoms with Crippen molar-refractivity contribution < 1.29 is 19.1 Å². The van der Waals surface area contributed by atoms with Crippen molar-refractivity contribution in [2.24, 2.45) is 5.92 Å². The SMILES string of the molecule is Cc1ccc(NC(=O)c2cc(NC(=O)C3C(c4cc(Cl)cc(Cl)c4)C3(Cl)Cl)ccc2Cl)cc1OC(=O)NC(C)(C)C. The van der Waals surface area contributed by atoms with Crippen LogP contribution in [0.5, 0.6) is 5.75 Å². The van der Waals surface area contributed by atoms with E-state index in [9.17, 15) is 14.4 Å². The molecule has 3 aromatic carbocycles. The second-order valence-electron chi connectivity index (χ2n) is 10.7. The van der Waals surface area contributed by atoms with E-state index < -0.39 is 39.6 Å². The average Bonchev–Trinajstić information content (AvgIpc) is 3.42. The second kappa shape index (κ2) is 11.9. The second-order valence-corrected chi connectivity index (χ2v) is 13.4. The number of nitrogens with one attached hydrogen (secondary N) is 3. The van der Waals surface area contributed by atoms with Crippen LogP contribution in [0.4, 0.5) is 16.2 Å². The zero-order valence-electron chi connectivity index (χ0n) is 22.4. The number of hydrogen-bond acceptors (Lipinski definition) is 4. The molecule has 4 rings (SSSR count). The van der Waals surface area contributed by atoms with Crippen LogP contribution in [0.3, 0.4) is 0 Å². The van der Waals surface area contributed by atoms with E-state index in [4.69, 9.17) is 62.7 Å². The largest absolute Gasteiger partial charge is 0.413 e. The van der Waals surface area contributed by atoms with E-state index in [0.29, 0.717) is 32.5 Å². The molecule has 0 bridgehead atoms. The minimum atomic E-state index is -1.36. The van der Waals surface area contributed by atoms with Crippen LogP contribution < -0.4 is 20.7 Å². The van der Waals surface area contributed by atoms with Gasteiger partial charge < -0.3 is 20.7 Å². The highest BCUT2D eigenvalue weighted by atomic mass is 35.5. The van der Waals surface area contributed by atoms with E-state index >= 15 is 0 Å². The number of hydrogen-bond donors (Lipinski definition) is 3. The van der Waals surface area contributed by atoms with Gasteiger partial charge in [-0.15, -0.1) is 23.2 Å². The van der Waals surface area contributed by atoms with Crippen LogP contribution in [0.2, 0.25) is 15.1 Å². The Labute approximate surface area is 262 Å². The van der Waals surface area contributed by atoms with Gasteiger partial charge in [0.25, 0.3) is 5.91 Å². The van der Waals surface area contributed by atoms with Crippen molar-refractivity contribution in [1.29, 1.82) is 0 Å². The molecule has 1 saturated carbocycles. The standard InChI is InChI=1S/C29H26Cl5N3O4/c1-14-5-6-19(13-22(14)41-27(40)37-28(2,3)4)35-25(38)20-12-18(7-8-21(20)32)36-26(39)24-23(29(24,33)34)15-9-16(30)11-17(31)10-15/h5-13,23-24H,1-4H3,(H,35,38)(H,36,39)(H,37,40). The molecule has 41 heavy (non-hydrogen) atoms. The minimum Gasteiger partial charge on any atom is -0.410 e. The van der Waals surface area contributed by atoms with Gasteiger partial charge in [-0.25, -0.2) is 4.79 Å². The smallest absolute Gasteiger partial charge is 0.410 e. The van der Waals surface area contributed by atoms with Crippen LogP contribution in [0, 0.1) is 12.8 Å². The molecule has 0 aromatic heterocycles. The number of rotatable bonds is 6. The maximum atomic E-state index is 13.1. The van der Waals surface area contributed by atoms with E-state index in [1.165, 1.54) is 18.2 Å². The van der Waals surface area contributed by atoms with E-state index in [0.717, 1.165) is 0 Å². The van der Waals surface area contributed by atoms with Crippen LogP contribution in [0.15, 0.2) is 54.6 Å². The van der Waals surface area contributed by atoms with Gasteiger partial charge in [0.2, 0.25) is 5.91 Å².